The van der Waals surface area contributed by atoms with E-state index in [1.165, 1.54) is 12.1 Å². The van der Waals surface area contributed by atoms with Crippen LogP contribution in [-0.4, -0.2) is 41.9 Å². The smallest absolute Gasteiger partial charge is 0.276 e. The van der Waals surface area contributed by atoms with Gasteiger partial charge in [0.15, 0.2) is 11.6 Å². The van der Waals surface area contributed by atoms with Gasteiger partial charge in [0.05, 0.1) is 11.4 Å². The standard InChI is InChI=1S/C24H27F2N7O2/c1-29-12-15-18(28)7-8-19(22(15)32-11-3-4-14(27)13-32)30-24(35)20-9-10-21(34)33(31-20)23-16(25)5-2-6-17(23)26/h2,5-10,14,29H,3-4,11-13,27-28H2,1H3,(H,30,35). The number of amides is 1. The third kappa shape index (κ3) is 5.00. The average molecular weight is 484 g/mol. The Bertz CT molecular complexity index is 1290. The van der Waals surface area contributed by atoms with Gasteiger partial charge in [0.2, 0.25) is 0 Å². The van der Waals surface area contributed by atoms with Crippen molar-refractivity contribution in [2.75, 3.05) is 36.1 Å². The van der Waals surface area contributed by atoms with Gasteiger partial charge in [0, 0.05) is 43.0 Å². The lowest BCUT2D eigenvalue weighted by atomic mass is 10.0. The number of halogens is 2. The maximum Gasteiger partial charge on any atom is 0.276 e. The highest BCUT2D eigenvalue weighted by Crippen LogP contribution is 2.36. The molecular weight excluding hydrogens is 456 g/mol. The fourth-order valence-corrected chi connectivity index (χ4v) is 4.26. The Morgan fingerprint density at radius 1 is 1.14 bits per heavy atom. The van der Waals surface area contributed by atoms with Crippen LogP contribution in [0, 0.1) is 11.6 Å². The van der Waals surface area contributed by atoms with Gasteiger partial charge >= 0.3 is 0 Å². The SMILES string of the molecule is CNCc1c(N)ccc(NC(=O)c2ccc(=O)n(-c3c(F)cccc3F)n2)c1N1CCCC(N)C1. The molecule has 9 nitrogen and oxygen atoms in total. The van der Waals surface area contributed by atoms with Crippen molar-refractivity contribution in [3.8, 4) is 5.69 Å². The number of hydrogen-bond donors (Lipinski definition) is 4. The number of hydrogen-bond acceptors (Lipinski definition) is 7. The molecule has 1 aliphatic rings. The zero-order valence-corrected chi connectivity index (χ0v) is 19.2. The Morgan fingerprint density at radius 3 is 2.57 bits per heavy atom. The van der Waals surface area contributed by atoms with E-state index in [9.17, 15) is 18.4 Å². The van der Waals surface area contributed by atoms with Crippen LogP contribution in [0.15, 0.2) is 47.3 Å². The van der Waals surface area contributed by atoms with Gasteiger partial charge in [0.1, 0.15) is 11.4 Å². The zero-order valence-electron chi connectivity index (χ0n) is 19.2. The van der Waals surface area contributed by atoms with E-state index in [0.29, 0.717) is 29.1 Å². The molecule has 1 saturated heterocycles. The third-order valence-corrected chi connectivity index (χ3v) is 5.88. The van der Waals surface area contributed by atoms with Crippen LogP contribution in [0.2, 0.25) is 0 Å². The molecule has 0 saturated carbocycles. The summed E-state index contributed by atoms with van der Waals surface area (Å²) >= 11 is 0. The predicted molar refractivity (Wildman–Crippen MR) is 131 cm³/mol. The lowest BCUT2D eigenvalue weighted by molar-refractivity contribution is 0.102. The minimum absolute atomic E-state index is 0.0166. The largest absolute Gasteiger partial charge is 0.398 e. The minimum Gasteiger partial charge on any atom is -0.398 e. The first kappa shape index (κ1) is 24.3. The van der Waals surface area contributed by atoms with E-state index in [4.69, 9.17) is 11.5 Å². The van der Waals surface area contributed by atoms with E-state index in [1.807, 2.05) is 0 Å². The van der Waals surface area contributed by atoms with Crippen molar-refractivity contribution in [3.63, 3.8) is 0 Å². The van der Waals surface area contributed by atoms with Crippen molar-refractivity contribution < 1.29 is 13.6 Å². The number of piperidine rings is 1. The third-order valence-electron chi connectivity index (χ3n) is 5.88. The van der Waals surface area contributed by atoms with E-state index in [-0.39, 0.29) is 11.7 Å². The molecule has 1 amide bonds. The second-order valence-corrected chi connectivity index (χ2v) is 8.40. The van der Waals surface area contributed by atoms with Crippen molar-refractivity contribution in [2.24, 2.45) is 5.73 Å². The van der Waals surface area contributed by atoms with Crippen LogP contribution in [0.3, 0.4) is 0 Å². The molecule has 2 heterocycles. The van der Waals surface area contributed by atoms with E-state index < -0.39 is 28.8 Å². The summed E-state index contributed by atoms with van der Waals surface area (Å²) in [7, 11) is 1.80. The van der Waals surface area contributed by atoms with E-state index in [0.717, 1.165) is 48.8 Å². The fraction of sp³-hybridized carbons (Fsp3) is 0.292. The number of benzene rings is 2. The van der Waals surface area contributed by atoms with Gasteiger partial charge in [-0.3, -0.25) is 9.59 Å². The number of anilines is 3. The van der Waals surface area contributed by atoms with Crippen LogP contribution in [0.25, 0.3) is 5.69 Å². The van der Waals surface area contributed by atoms with Gasteiger partial charge in [-0.2, -0.15) is 9.78 Å². The van der Waals surface area contributed by atoms with Gasteiger partial charge in [0.25, 0.3) is 11.5 Å². The average Bonchev–Trinajstić information content (AvgIpc) is 2.82. The molecule has 0 radical (unpaired) electrons. The topological polar surface area (TPSA) is 131 Å². The van der Waals surface area contributed by atoms with E-state index >= 15 is 0 Å². The molecule has 1 unspecified atom stereocenters. The molecule has 11 heteroatoms. The van der Waals surface area contributed by atoms with Crippen molar-refractivity contribution in [1.29, 1.82) is 0 Å². The lowest BCUT2D eigenvalue weighted by Gasteiger charge is -2.35. The number of aromatic nitrogens is 2. The highest BCUT2D eigenvalue weighted by molar-refractivity contribution is 6.05. The molecule has 184 valence electrons. The number of nitrogens with zero attached hydrogens (tertiary/aromatic N) is 3. The Balaban J connectivity index is 1.73. The van der Waals surface area contributed by atoms with Crippen LogP contribution >= 0.6 is 0 Å². The molecule has 3 aromatic rings. The molecule has 1 aromatic heterocycles. The van der Waals surface area contributed by atoms with Crippen molar-refractivity contribution in [1.82, 2.24) is 15.1 Å². The van der Waals surface area contributed by atoms with Gasteiger partial charge in [-0.1, -0.05) is 6.07 Å². The monoisotopic (exact) mass is 483 g/mol. The lowest BCUT2D eigenvalue weighted by Crippen LogP contribution is -2.43. The molecule has 0 aliphatic carbocycles. The van der Waals surface area contributed by atoms with Gasteiger partial charge in [-0.15, -0.1) is 0 Å². The summed E-state index contributed by atoms with van der Waals surface area (Å²) in [5.74, 6) is -2.61. The van der Waals surface area contributed by atoms with Crippen molar-refractivity contribution >= 4 is 23.0 Å². The maximum atomic E-state index is 14.3. The predicted octanol–water partition coefficient (Wildman–Crippen LogP) is 1.99. The van der Waals surface area contributed by atoms with Crippen LogP contribution in [0.5, 0.6) is 0 Å². The van der Waals surface area contributed by atoms with Crippen LogP contribution in [0.1, 0.15) is 28.9 Å². The summed E-state index contributed by atoms with van der Waals surface area (Å²) in [6.07, 6.45) is 1.79. The highest BCUT2D eigenvalue weighted by atomic mass is 19.1. The van der Waals surface area contributed by atoms with Crippen LogP contribution in [0.4, 0.5) is 25.8 Å². The molecule has 1 fully saturated rings. The van der Waals surface area contributed by atoms with Crippen LogP contribution in [-0.2, 0) is 6.54 Å². The normalized spacial score (nSPS) is 15.8. The number of carbonyl (C=O) groups excluding carboxylic acids is 1. The molecule has 1 atom stereocenters. The summed E-state index contributed by atoms with van der Waals surface area (Å²) in [4.78, 5) is 27.6. The first-order chi connectivity index (χ1) is 16.8. The number of nitrogens with one attached hydrogen (secondary N) is 2. The Morgan fingerprint density at radius 2 is 1.89 bits per heavy atom. The van der Waals surface area contributed by atoms with Crippen molar-refractivity contribution in [3.05, 3.63) is 75.7 Å². The Kier molecular flexibility index (Phi) is 7.08. The van der Waals surface area contributed by atoms with Gasteiger partial charge in [-0.25, -0.2) is 8.78 Å². The summed E-state index contributed by atoms with van der Waals surface area (Å²) in [5, 5.41) is 9.85. The van der Waals surface area contributed by atoms with E-state index in [1.54, 1.807) is 19.2 Å². The molecule has 1 aliphatic heterocycles. The number of rotatable bonds is 6. The molecular formula is C24H27F2N7O2. The first-order valence-electron chi connectivity index (χ1n) is 11.2. The summed E-state index contributed by atoms with van der Waals surface area (Å²) < 4.78 is 29.1. The molecule has 2 aromatic carbocycles. The second-order valence-electron chi connectivity index (χ2n) is 8.40. The minimum atomic E-state index is -0.976. The van der Waals surface area contributed by atoms with Gasteiger partial charge in [-0.05, 0) is 50.2 Å². The molecule has 0 bridgehead atoms. The highest BCUT2D eigenvalue weighted by Gasteiger charge is 2.25. The molecule has 0 spiro atoms. The van der Waals surface area contributed by atoms with Crippen molar-refractivity contribution in [2.45, 2.75) is 25.4 Å². The number of nitrogens with two attached hydrogens (primary N) is 2. The fourth-order valence-electron chi connectivity index (χ4n) is 4.26. The number of carbonyl (C=O) groups is 1. The molecule has 35 heavy (non-hydrogen) atoms. The Hall–Kier alpha value is -3.83. The molecule has 4 rings (SSSR count). The van der Waals surface area contributed by atoms with E-state index in [2.05, 4.69) is 20.6 Å². The Labute approximate surface area is 200 Å². The number of nitrogen functional groups attached to an aromatic ring is 1. The van der Waals surface area contributed by atoms with Gasteiger partial charge < -0.3 is 27.0 Å². The van der Waals surface area contributed by atoms with Crippen LogP contribution < -0.4 is 32.6 Å². The zero-order chi connectivity index (χ0) is 25.1. The summed E-state index contributed by atoms with van der Waals surface area (Å²) in [6.45, 7) is 1.80. The maximum absolute atomic E-state index is 14.3. The first-order valence-corrected chi connectivity index (χ1v) is 11.2. The quantitative estimate of drug-likeness (QED) is 0.394. The number of para-hydroxylation sites is 1. The summed E-state index contributed by atoms with van der Waals surface area (Å²) in [5.41, 5.74) is 13.4. The summed E-state index contributed by atoms with van der Waals surface area (Å²) in [6, 6.07) is 8.79. The second kappa shape index (κ2) is 10.2. The molecule has 6 N–H and O–H groups in total.